The van der Waals surface area contributed by atoms with Crippen LogP contribution in [0.4, 0.5) is 5.69 Å². The van der Waals surface area contributed by atoms with Crippen LogP contribution >= 0.6 is 0 Å². The molecule has 3 amide bonds. The molecule has 2 atom stereocenters. The summed E-state index contributed by atoms with van der Waals surface area (Å²) < 4.78 is 25.6. The average molecular weight is 393 g/mol. The monoisotopic (exact) mass is 393 g/mol. The normalized spacial score (nSPS) is 22.6. The number of amides is 3. The van der Waals surface area contributed by atoms with Crippen LogP contribution in [0.5, 0.6) is 0 Å². The Morgan fingerprint density at radius 3 is 2.15 bits per heavy atom. The van der Waals surface area contributed by atoms with E-state index in [1.165, 1.54) is 36.2 Å². The van der Waals surface area contributed by atoms with Gasteiger partial charge in [0, 0.05) is 18.7 Å². The summed E-state index contributed by atoms with van der Waals surface area (Å²) in [5.41, 5.74) is 0.447. The van der Waals surface area contributed by atoms with Gasteiger partial charge in [-0.1, -0.05) is 12.8 Å². The van der Waals surface area contributed by atoms with Crippen molar-refractivity contribution in [2.24, 2.45) is 11.8 Å². The Bertz CT molecular complexity index is 826. The number of fused-ring (bicyclic) bond motifs is 1. The molecule has 0 radical (unpaired) electrons. The molecule has 0 spiro atoms. The van der Waals surface area contributed by atoms with E-state index in [1.807, 2.05) is 0 Å². The molecule has 1 heterocycles. The third kappa shape index (κ3) is 4.03. The van der Waals surface area contributed by atoms with Crippen molar-refractivity contribution in [1.82, 2.24) is 9.62 Å². The average Bonchev–Trinajstić information content (AvgIpc) is 2.91. The van der Waals surface area contributed by atoms with E-state index in [0.717, 1.165) is 25.7 Å². The van der Waals surface area contributed by atoms with Gasteiger partial charge in [0.1, 0.15) is 0 Å². The summed E-state index contributed by atoms with van der Waals surface area (Å²) in [5, 5.41) is 2.65. The van der Waals surface area contributed by atoms with Crippen molar-refractivity contribution in [3.8, 4) is 0 Å². The van der Waals surface area contributed by atoms with Crippen LogP contribution in [0.2, 0.25) is 0 Å². The van der Waals surface area contributed by atoms with Gasteiger partial charge in [-0.15, -0.1) is 0 Å². The number of hydrogen-bond donors (Lipinski definition) is 2. The van der Waals surface area contributed by atoms with Crippen molar-refractivity contribution in [1.29, 1.82) is 0 Å². The number of sulfonamides is 1. The van der Waals surface area contributed by atoms with E-state index in [4.69, 9.17) is 0 Å². The number of nitrogens with one attached hydrogen (secondary N) is 2. The number of rotatable bonds is 6. The van der Waals surface area contributed by atoms with Crippen LogP contribution in [-0.4, -0.2) is 44.6 Å². The Balaban J connectivity index is 1.55. The minimum absolute atomic E-state index is 0.00743. The van der Waals surface area contributed by atoms with Gasteiger partial charge in [-0.05, 0) is 44.2 Å². The minimum Gasteiger partial charge on any atom is -0.326 e. The van der Waals surface area contributed by atoms with Crippen LogP contribution < -0.4 is 10.0 Å². The van der Waals surface area contributed by atoms with E-state index in [1.54, 1.807) is 0 Å². The zero-order chi connectivity index (χ0) is 19.6. The largest absolute Gasteiger partial charge is 0.326 e. The molecule has 0 unspecified atom stereocenters. The fourth-order valence-corrected chi connectivity index (χ4v) is 4.45. The summed E-state index contributed by atoms with van der Waals surface area (Å²) >= 11 is 0. The van der Waals surface area contributed by atoms with Crippen LogP contribution in [0.25, 0.3) is 0 Å². The van der Waals surface area contributed by atoms with E-state index in [-0.39, 0.29) is 47.4 Å². The number of anilines is 1. The number of likely N-dealkylation sites (tertiary alicyclic amines) is 1. The summed E-state index contributed by atoms with van der Waals surface area (Å²) in [5.74, 6) is -1.07. The fraction of sp³-hybridized carbons (Fsp3) is 0.500. The quantitative estimate of drug-likeness (QED) is 0.703. The number of imide groups is 1. The van der Waals surface area contributed by atoms with Gasteiger partial charge in [0.15, 0.2) is 0 Å². The van der Waals surface area contributed by atoms with Gasteiger partial charge in [0.2, 0.25) is 27.7 Å². The molecule has 1 aliphatic heterocycles. The van der Waals surface area contributed by atoms with Crippen molar-refractivity contribution in [2.45, 2.75) is 37.0 Å². The lowest BCUT2D eigenvalue weighted by Gasteiger charge is -2.19. The molecule has 2 fully saturated rings. The molecular formula is C18H23N3O5S. The highest BCUT2D eigenvalue weighted by Gasteiger charge is 2.47. The van der Waals surface area contributed by atoms with Gasteiger partial charge >= 0.3 is 0 Å². The van der Waals surface area contributed by atoms with Crippen LogP contribution in [0.15, 0.2) is 29.2 Å². The molecule has 2 N–H and O–H groups in total. The van der Waals surface area contributed by atoms with Crippen LogP contribution in [0.3, 0.4) is 0 Å². The van der Waals surface area contributed by atoms with E-state index >= 15 is 0 Å². The van der Waals surface area contributed by atoms with Crippen molar-refractivity contribution >= 4 is 33.4 Å². The zero-order valence-electron chi connectivity index (χ0n) is 15.1. The SMILES string of the molecule is CNS(=O)(=O)c1ccc(NC(=O)CCN2C(=O)[C@H]3CCCC[C@H]3C2=O)cc1. The lowest BCUT2D eigenvalue weighted by atomic mass is 9.81. The summed E-state index contributed by atoms with van der Waals surface area (Å²) in [6.07, 6.45) is 3.44. The Morgan fingerprint density at radius 1 is 1.07 bits per heavy atom. The molecule has 27 heavy (non-hydrogen) atoms. The summed E-state index contributed by atoms with van der Waals surface area (Å²) in [7, 11) is -2.21. The lowest BCUT2D eigenvalue weighted by molar-refractivity contribution is -0.140. The Kier molecular flexibility index (Phi) is 5.61. The first-order valence-corrected chi connectivity index (χ1v) is 10.5. The molecule has 0 bridgehead atoms. The second-order valence-electron chi connectivity index (χ2n) is 6.86. The highest BCUT2D eigenvalue weighted by molar-refractivity contribution is 7.89. The highest BCUT2D eigenvalue weighted by Crippen LogP contribution is 2.37. The van der Waals surface area contributed by atoms with Crippen molar-refractivity contribution in [2.75, 3.05) is 18.9 Å². The maximum atomic E-state index is 12.4. The first-order chi connectivity index (χ1) is 12.8. The van der Waals surface area contributed by atoms with Gasteiger partial charge in [-0.25, -0.2) is 13.1 Å². The number of hydrogen-bond acceptors (Lipinski definition) is 5. The minimum atomic E-state index is -3.53. The summed E-state index contributed by atoms with van der Waals surface area (Å²) in [6, 6.07) is 5.75. The van der Waals surface area contributed by atoms with Crippen LogP contribution in [0, 0.1) is 11.8 Å². The van der Waals surface area contributed by atoms with Gasteiger partial charge < -0.3 is 5.32 Å². The standard InChI is InChI=1S/C18H23N3O5S/c1-19-27(25,26)13-8-6-12(7-9-13)20-16(22)10-11-21-17(23)14-4-2-3-5-15(14)18(21)24/h6-9,14-15,19H,2-5,10-11H2,1H3,(H,20,22)/t14-,15+. The van der Waals surface area contributed by atoms with E-state index < -0.39 is 10.0 Å². The molecule has 1 saturated heterocycles. The molecule has 9 heteroatoms. The Labute approximate surface area is 158 Å². The maximum Gasteiger partial charge on any atom is 0.240 e. The molecule has 0 aromatic heterocycles. The van der Waals surface area contributed by atoms with Crippen molar-refractivity contribution < 1.29 is 22.8 Å². The van der Waals surface area contributed by atoms with Gasteiger partial charge in [-0.3, -0.25) is 19.3 Å². The fourth-order valence-electron chi connectivity index (χ4n) is 3.72. The van der Waals surface area contributed by atoms with E-state index in [9.17, 15) is 22.8 Å². The van der Waals surface area contributed by atoms with Crippen molar-refractivity contribution in [3.05, 3.63) is 24.3 Å². The number of carbonyl (C=O) groups excluding carboxylic acids is 3. The number of nitrogens with zero attached hydrogens (tertiary/aromatic N) is 1. The summed E-state index contributed by atoms with van der Waals surface area (Å²) in [6.45, 7) is 0.0721. The lowest BCUT2D eigenvalue weighted by Crippen LogP contribution is -2.34. The Morgan fingerprint density at radius 2 is 1.63 bits per heavy atom. The first kappa shape index (κ1) is 19.5. The number of benzene rings is 1. The molecule has 8 nitrogen and oxygen atoms in total. The molecule has 1 saturated carbocycles. The topological polar surface area (TPSA) is 113 Å². The van der Waals surface area contributed by atoms with E-state index in [2.05, 4.69) is 10.0 Å². The first-order valence-electron chi connectivity index (χ1n) is 9.02. The molecule has 3 rings (SSSR count). The van der Waals surface area contributed by atoms with Crippen LogP contribution in [0.1, 0.15) is 32.1 Å². The zero-order valence-corrected chi connectivity index (χ0v) is 15.9. The molecular weight excluding hydrogens is 370 g/mol. The second-order valence-corrected chi connectivity index (χ2v) is 8.74. The third-order valence-corrected chi connectivity index (χ3v) is 6.64. The van der Waals surface area contributed by atoms with Gasteiger partial charge in [0.25, 0.3) is 0 Å². The molecule has 146 valence electrons. The molecule has 2 aliphatic rings. The maximum absolute atomic E-state index is 12.4. The molecule has 1 aromatic carbocycles. The third-order valence-electron chi connectivity index (χ3n) is 5.21. The predicted molar refractivity (Wildman–Crippen MR) is 98.1 cm³/mol. The number of carbonyl (C=O) groups is 3. The summed E-state index contributed by atoms with van der Waals surface area (Å²) in [4.78, 5) is 38.2. The molecule has 1 aliphatic carbocycles. The second kappa shape index (κ2) is 7.77. The molecule has 1 aromatic rings. The van der Waals surface area contributed by atoms with Gasteiger partial charge in [-0.2, -0.15) is 0 Å². The predicted octanol–water partition coefficient (Wildman–Crippen LogP) is 1.10. The van der Waals surface area contributed by atoms with E-state index in [0.29, 0.717) is 5.69 Å². The van der Waals surface area contributed by atoms with Crippen LogP contribution in [-0.2, 0) is 24.4 Å². The van der Waals surface area contributed by atoms with Gasteiger partial charge in [0.05, 0.1) is 16.7 Å². The Hall–Kier alpha value is -2.26. The highest BCUT2D eigenvalue weighted by atomic mass is 32.2. The smallest absolute Gasteiger partial charge is 0.240 e. The van der Waals surface area contributed by atoms with Crippen molar-refractivity contribution in [3.63, 3.8) is 0 Å².